The van der Waals surface area contributed by atoms with Crippen LogP contribution >= 0.6 is 0 Å². The zero-order chi connectivity index (χ0) is 13.8. The van der Waals surface area contributed by atoms with E-state index in [4.69, 9.17) is 0 Å². The molecule has 0 aromatic heterocycles. The van der Waals surface area contributed by atoms with Crippen molar-refractivity contribution in [3.8, 4) is 5.75 Å². The van der Waals surface area contributed by atoms with E-state index in [1.54, 1.807) is 0 Å². The molecule has 1 unspecified atom stereocenters. The van der Waals surface area contributed by atoms with E-state index in [0.29, 0.717) is 5.75 Å². The standard InChI is InChI=1S/C17H21NO/c1-4-18(15-8-6-5-7-9-15)14(3)16-11-10-13(2)12-17(16)19/h5-12,14,19H,4H2,1-3H3. The molecule has 0 amide bonds. The number of nitrogens with zero attached hydrogens (tertiary/aromatic N) is 1. The van der Waals surface area contributed by atoms with Gasteiger partial charge in [-0.15, -0.1) is 0 Å². The van der Waals surface area contributed by atoms with Gasteiger partial charge in [0, 0.05) is 17.8 Å². The normalized spacial score (nSPS) is 12.2. The molecule has 2 heteroatoms. The first-order chi connectivity index (χ1) is 9.13. The number of benzene rings is 2. The molecule has 2 rings (SSSR count). The van der Waals surface area contributed by atoms with Gasteiger partial charge in [-0.2, -0.15) is 0 Å². The van der Waals surface area contributed by atoms with Crippen molar-refractivity contribution in [2.45, 2.75) is 26.8 Å². The molecule has 2 aromatic carbocycles. The van der Waals surface area contributed by atoms with Gasteiger partial charge in [0.15, 0.2) is 0 Å². The molecule has 0 saturated heterocycles. The average Bonchev–Trinajstić information content (AvgIpc) is 2.40. The van der Waals surface area contributed by atoms with Crippen molar-refractivity contribution in [3.05, 3.63) is 59.7 Å². The number of phenolic OH excluding ortho intramolecular Hbond substituents is 1. The van der Waals surface area contributed by atoms with Gasteiger partial charge < -0.3 is 10.0 Å². The molecule has 0 aliphatic heterocycles. The minimum atomic E-state index is 0.146. The lowest BCUT2D eigenvalue weighted by Gasteiger charge is -2.31. The minimum absolute atomic E-state index is 0.146. The van der Waals surface area contributed by atoms with E-state index in [9.17, 15) is 5.11 Å². The maximum Gasteiger partial charge on any atom is 0.121 e. The molecular formula is C17H21NO. The maximum absolute atomic E-state index is 10.1. The Morgan fingerprint density at radius 3 is 2.37 bits per heavy atom. The summed E-state index contributed by atoms with van der Waals surface area (Å²) in [4.78, 5) is 2.28. The summed E-state index contributed by atoms with van der Waals surface area (Å²) in [6.07, 6.45) is 0. The number of aryl methyl sites for hydroxylation is 1. The Kier molecular flexibility index (Phi) is 4.10. The molecule has 100 valence electrons. The third-order valence-electron chi connectivity index (χ3n) is 3.53. The monoisotopic (exact) mass is 255 g/mol. The van der Waals surface area contributed by atoms with E-state index in [0.717, 1.165) is 17.7 Å². The van der Waals surface area contributed by atoms with Crippen LogP contribution in [0.15, 0.2) is 48.5 Å². The van der Waals surface area contributed by atoms with Crippen LogP contribution in [0.5, 0.6) is 5.75 Å². The zero-order valence-electron chi connectivity index (χ0n) is 11.8. The van der Waals surface area contributed by atoms with Crippen molar-refractivity contribution < 1.29 is 5.11 Å². The summed E-state index contributed by atoms with van der Waals surface area (Å²) in [6, 6.07) is 16.3. The number of aromatic hydroxyl groups is 1. The van der Waals surface area contributed by atoms with E-state index in [1.807, 2.05) is 43.3 Å². The van der Waals surface area contributed by atoms with Crippen LogP contribution < -0.4 is 4.90 Å². The first-order valence-corrected chi connectivity index (χ1v) is 6.74. The van der Waals surface area contributed by atoms with E-state index in [1.165, 1.54) is 5.69 Å². The second kappa shape index (κ2) is 5.79. The smallest absolute Gasteiger partial charge is 0.121 e. The molecule has 0 heterocycles. The zero-order valence-corrected chi connectivity index (χ0v) is 11.8. The third-order valence-corrected chi connectivity index (χ3v) is 3.53. The molecule has 0 aliphatic carbocycles. The molecule has 2 aromatic rings. The van der Waals surface area contributed by atoms with Gasteiger partial charge in [0.25, 0.3) is 0 Å². The number of anilines is 1. The van der Waals surface area contributed by atoms with Gasteiger partial charge in [0.1, 0.15) is 5.75 Å². The highest BCUT2D eigenvalue weighted by Gasteiger charge is 2.17. The van der Waals surface area contributed by atoms with Crippen LogP contribution in [-0.4, -0.2) is 11.7 Å². The lowest BCUT2D eigenvalue weighted by molar-refractivity contribution is 0.460. The molecular weight excluding hydrogens is 234 g/mol. The van der Waals surface area contributed by atoms with Crippen molar-refractivity contribution in [1.82, 2.24) is 0 Å². The van der Waals surface area contributed by atoms with Crippen LogP contribution in [0.3, 0.4) is 0 Å². The van der Waals surface area contributed by atoms with Crippen LogP contribution in [0.4, 0.5) is 5.69 Å². The number of hydrogen-bond acceptors (Lipinski definition) is 2. The molecule has 0 bridgehead atoms. The maximum atomic E-state index is 10.1. The predicted molar refractivity (Wildman–Crippen MR) is 80.7 cm³/mol. The van der Waals surface area contributed by atoms with Crippen LogP contribution in [0.25, 0.3) is 0 Å². The summed E-state index contributed by atoms with van der Waals surface area (Å²) in [7, 11) is 0. The Bertz CT molecular complexity index is 536. The Morgan fingerprint density at radius 2 is 1.79 bits per heavy atom. The fourth-order valence-corrected chi connectivity index (χ4v) is 2.47. The van der Waals surface area contributed by atoms with Crippen molar-refractivity contribution in [3.63, 3.8) is 0 Å². The summed E-state index contributed by atoms with van der Waals surface area (Å²) >= 11 is 0. The van der Waals surface area contributed by atoms with Crippen LogP contribution in [-0.2, 0) is 0 Å². The first-order valence-electron chi connectivity index (χ1n) is 6.74. The number of hydrogen-bond donors (Lipinski definition) is 1. The van der Waals surface area contributed by atoms with E-state index < -0.39 is 0 Å². The average molecular weight is 255 g/mol. The number of para-hydroxylation sites is 1. The fraction of sp³-hybridized carbons (Fsp3) is 0.294. The highest BCUT2D eigenvalue weighted by atomic mass is 16.3. The van der Waals surface area contributed by atoms with Gasteiger partial charge in [-0.3, -0.25) is 0 Å². The molecule has 0 saturated carbocycles. The quantitative estimate of drug-likeness (QED) is 0.881. The molecule has 1 N–H and O–H groups in total. The number of rotatable bonds is 4. The lowest BCUT2D eigenvalue weighted by Crippen LogP contribution is -2.26. The van der Waals surface area contributed by atoms with Crippen LogP contribution in [0.2, 0.25) is 0 Å². The van der Waals surface area contributed by atoms with Crippen molar-refractivity contribution >= 4 is 5.69 Å². The molecule has 0 fully saturated rings. The highest BCUT2D eigenvalue weighted by molar-refractivity contribution is 5.50. The van der Waals surface area contributed by atoms with Crippen molar-refractivity contribution in [2.24, 2.45) is 0 Å². The fourth-order valence-electron chi connectivity index (χ4n) is 2.47. The summed E-state index contributed by atoms with van der Waals surface area (Å²) in [5, 5.41) is 10.1. The van der Waals surface area contributed by atoms with Gasteiger partial charge in [-0.1, -0.05) is 30.3 Å². The van der Waals surface area contributed by atoms with Crippen LogP contribution in [0, 0.1) is 6.92 Å². The largest absolute Gasteiger partial charge is 0.508 e. The Hall–Kier alpha value is -1.96. The molecule has 0 aliphatic rings. The molecule has 0 spiro atoms. The Labute approximate surface area is 115 Å². The van der Waals surface area contributed by atoms with E-state index in [-0.39, 0.29) is 6.04 Å². The highest BCUT2D eigenvalue weighted by Crippen LogP contribution is 2.32. The third kappa shape index (κ3) is 2.90. The van der Waals surface area contributed by atoms with Crippen LogP contribution in [0.1, 0.15) is 31.0 Å². The van der Waals surface area contributed by atoms with Gasteiger partial charge in [-0.05, 0) is 44.5 Å². The van der Waals surface area contributed by atoms with Crippen molar-refractivity contribution in [2.75, 3.05) is 11.4 Å². The molecule has 0 radical (unpaired) electrons. The van der Waals surface area contributed by atoms with E-state index in [2.05, 4.69) is 30.9 Å². The van der Waals surface area contributed by atoms with Crippen molar-refractivity contribution in [1.29, 1.82) is 0 Å². The predicted octanol–water partition coefficient (Wildman–Crippen LogP) is 4.29. The minimum Gasteiger partial charge on any atom is -0.508 e. The SMILES string of the molecule is CCN(c1ccccc1)C(C)c1ccc(C)cc1O. The molecule has 1 atom stereocenters. The Morgan fingerprint density at radius 1 is 1.11 bits per heavy atom. The van der Waals surface area contributed by atoms with Gasteiger partial charge in [-0.25, -0.2) is 0 Å². The van der Waals surface area contributed by atoms with Gasteiger partial charge in [0.05, 0.1) is 6.04 Å². The van der Waals surface area contributed by atoms with Gasteiger partial charge in [0.2, 0.25) is 0 Å². The summed E-state index contributed by atoms with van der Waals surface area (Å²) < 4.78 is 0. The second-order valence-corrected chi connectivity index (χ2v) is 4.86. The topological polar surface area (TPSA) is 23.5 Å². The molecule has 2 nitrogen and oxygen atoms in total. The van der Waals surface area contributed by atoms with Gasteiger partial charge >= 0.3 is 0 Å². The summed E-state index contributed by atoms with van der Waals surface area (Å²) in [5.74, 6) is 0.377. The summed E-state index contributed by atoms with van der Waals surface area (Å²) in [6.45, 7) is 7.15. The van der Waals surface area contributed by atoms with E-state index >= 15 is 0 Å². The first kappa shape index (κ1) is 13.5. The second-order valence-electron chi connectivity index (χ2n) is 4.86. The number of phenols is 1. The lowest BCUT2D eigenvalue weighted by atomic mass is 10.0. The molecule has 19 heavy (non-hydrogen) atoms. The Balaban J connectivity index is 2.33. The summed E-state index contributed by atoms with van der Waals surface area (Å²) in [5.41, 5.74) is 3.23.